The molecule has 1 amide bonds. The van der Waals surface area contributed by atoms with Gasteiger partial charge in [0.2, 0.25) is 5.91 Å². The lowest BCUT2D eigenvalue weighted by atomic mass is 10.4. The van der Waals surface area contributed by atoms with Crippen molar-refractivity contribution in [1.82, 2.24) is 19.4 Å². The largest absolute Gasteiger partial charge is 0.353 e. The highest BCUT2D eigenvalue weighted by Gasteiger charge is 2.02. The first-order valence-corrected chi connectivity index (χ1v) is 6.06. The maximum absolute atomic E-state index is 11.6. The Morgan fingerprint density at radius 1 is 1.37 bits per heavy atom. The molecule has 1 N–H and O–H groups in total. The molecule has 0 saturated heterocycles. The Hall–Kier alpha value is -2.37. The summed E-state index contributed by atoms with van der Waals surface area (Å²) in [6, 6.07) is 5.21. The fourth-order valence-corrected chi connectivity index (χ4v) is 1.70. The molecule has 0 saturated carbocycles. The third-order valence-electron chi connectivity index (χ3n) is 2.68. The lowest BCUT2D eigenvalue weighted by Crippen LogP contribution is -2.32. The number of carbonyl (C=O) groups excluding carboxylic acids is 1. The van der Waals surface area contributed by atoms with E-state index in [-0.39, 0.29) is 18.0 Å². The van der Waals surface area contributed by atoms with Crippen molar-refractivity contribution in [2.24, 2.45) is 0 Å². The number of nitrogens with one attached hydrogen (secondary N) is 1. The van der Waals surface area contributed by atoms with Gasteiger partial charge in [-0.3, -0.25) is 14.2 Å². The SMILES string of the molecule is Cc1cc(=O)n(CCNC(=O)Cn2cccc2)cn1. The number of hydrogen-bond donors (Lipinski definition) is 1. The minimum atomic E-state index is -0.104. The van der Waals surface area contributed by atoms with Crippen molar-refractivity contribution in [3.8, 4) is 0 Å². The van der Waals surface area contributed by atoms with Gasteiger partial charge in [-0.05, 0) is 19.1 Å². The number of aryl methyl sites for hydroxylation is 1. The van der Waals surface area contributed by atoms with E-state index in [1.165, 1.54) is 17.0 Å². The second-order valence-electron chi connectivity index (χ2n) is 4.27. The predicted octanol–water partition coefficient (Wildman–Crippen LogP) is 0.170. The summed E-state index contributed by atoms with van der Waals surface area (Å²) in [5.74, 6) is -0.0793. The zero-order valence-electron chi connectivity index (χ0n) is 10.7. The van der Waals surface area contributed by atoms with Crippen molar-refractivity contribution in [2.75, 3.05) is 6.54 Å². The second kappa shape index (κ2) is 5.99. The second-order valence-corrected chi connectivity index (χ2v) is 4.27. The molecule has 2 aromatic rings. The van der Waals surface area contributed by atoms with Crippen molar-refractivity contribution in [1.29, 1.82) is 0 Å². The van der Waals surface area contributed by atoms with Gasteiger partial charge in [-0.25, -0.2) is 4.98 Å². The van der Waals surface area contributed by atoms with Gasteiger partial charge in [0.1, 0.15) is 6.54 Å². The molecule has 6 nitrogen and oxygen atoms in total. The maximum atomic E-state index is 11.6. The Morgan fingerprint density at radius 3 is 2.79 bits per heavy atom. The van der Waals surface area contributed by atoms with E-state index in [1.54, 1.807) is 11.5 Å². The van der Waals surface area contributed by atoms with Crippen molar-refractivity contribution in [3.05, 3.63) is 53.0 Å². The smallest absolute Gasteiger partial charge is 0.253 e. The molecule has 19 heavy (non-hydrogen) atoms. The number of amides is 1. The van der Waals surface area contributed by atoms with Gasteiger partial charge in [-0.1, -0.05) is 0 Å². The monoisotopic (exact) mass is 260 g/mol. The fourth-order valence-electron chi connectivity index (χ4n) is 1.70. The summed E-state index contributed by atoms with van der Waals surface area (Å²) in [5.41, 5.74) is 0.588. The van der Waals surface area contributed by atoms with Crippen molar-refractivity contribution in [2.45, 2.75) is 20.0 Å². The van der Waals surface area contributed by atoms with Crippen LogP contribution >= 0.6 is 0 Å². The van der Waals surface area contributed by atoms with Crippen LogP contribution in [0.2, 0.25) is 0 Å². The molecule has 0 unspecified atom stereocenters. The minimum Gasteiger partial charge on any atom is -0.353 e. The topological polar surface area (TPSA) is 68.9 Å². The average molecular weight is 260 g/mol. The van der Waals surface area contributed by atoms with Crippen molar-refractivity contribution >= 4 is 5.91 Å². The third-order valence-corrected chi connectivity index (χ3v) is 2.68. The normalized spacial score (nSPS) is 10.4. The van der Waals surface area contributed by atoms with Gasteiger partial charge >= 0.3 is 0 Å². The molecule has 0 fully saturated rings. The highest BCUT2D eigenvalue weighted by atomic mass is 16.2. The highest BCUT2D eigenvalue weighted by Crippen LogP contribution is 1.89. The maximum Gasteiger partial charge on any atom is 0.253 e. The van der Waals surface area contributed by atoms with Crippen molar-refractivity contribution in [3.63, 3.8) is 0 Å². The summed E-state index contributed by atoms with van der Waals surface area (Å²) in [4.78, 5) is 27.2. The van der Waals surface area contributed by atoms with E-state index in [2.05, 4.69) is 10.3 Å². The summed E-state index contributed by atoms with van der Waals surface area (Å²) < 4.78 is 3.26. The number of nitrogens with zero attached hydrogens (tertiary/aromatic N) is 3. The predicted molar refractivity (Wildman–Crippen MR) is 70.7 cm³/mol. The van der Waals surface area contributed by atoms with Crippen LogP contribution in [-0.2, 0) is 17.9 Å². The van der Waals surface area contributed by atoms with Crippen LogP contribution in [0.15, 0.2) is 41.7 Å². The molecular formula is C13H16N4O2. The Morgan fingerprint density at radius 2 is 2.11 bits per heavy atom. The van der Waals surface area contributed by atoms with E-state index >= 15 is 0 Å². The number of rotatable bonds is 5. The van der Waals surface area contributed by atoms with Gasteiger partial charge in [0.25, 0.3) is 5.56 Å². The van der Waals surface area contributed by atoms with Crippen LogP contribution in [-0.4, -0.2) is 26.6 Å². The first-order chi connectivity index (χ1) is 9.15. The lowest BCUT2D eigenvalue weighted by Gasteiger charge is -2.07. The fraction of sp³-hybridized carbons (Fsp3) is 0.308. The molecule has 0 aliphatic heterocycles. The summed E-state index contributed by atoms with van der Waals surface area (Å²) in [7, 11) is 0. The number of aromatic nitrogens is 3. The minimum absolute atomic E-state index is 0.0793. The molecule has 100 valence electrons. The summed E-state index contributed by atoms with van der Waals surface area (Å²) in [6.45, 7) is 2.88. The van der Waals surface area contributed by atoms with Crippen LogP contribution in [0, 0.1) is 6.92 Å². The Bertz CT molecular complexity index is 601. The van der Waals surface area contributed by atoms with Crippen LogP contribution in [0.4, 0.5) is 0 Å². The number of hydrogen-bond acceptors (Lipinski definition) is 3. The van der Waals surface area contributed by atoms with Crippen LogP contribution in [0.5, 0.6) is 0 Å². The van der Waals surface area contributed by atoms with Gasteiger partial charge in [0.15, 0.2) is 0 Å². The zero-order chi connectivity index (χ0) is 13.7. The molecule has 2 rings (SSSR count). The molecule has 0 aliphatic rings. The van der Waals surface area contributed by atoms with E-state index in [0.717, 1.165) is 0 Å². The van der Waals surface area contributed by atoms with Crippen LogP contribution in [0.3, 0.4) is 0 Å². The Balaban J connectivity index is 1.80. The van der Waals surface area contributed by atoms with Crippen LogP contribution in [0.1, 0.15) is 5.69 Å². The molecule has 0 aliphatic carbocycles. The molecule has 0 spiro atoms. The van der Waals surface area contributed by atoms with Gasteiger partial charge in [0, 0.05) is 37.2 Å². The molecule has 2 heterocycles. The quantitative estimate of drug-likeness (QED) is 0.833. The zero-order valence-corrected chi connectivity index (χ0v) is 10.7. The number of carbonyl (C=O) groups is 1. The van der Waals surface area contributed by atoms with Gasteiger partial charge < -0.3 is 9.88 Å². The summed E-state index contributed by atoms with van der Waals surface area (Å²) in [5, 5.41) is 2.76. The molecule has 0 bridgehead atoms. The third kappa shape index (κ3) is 3.80. The summed E-state index contributed by atoms with van der Waals surface area (Å²) in [6.07, 6.45) is 5.15. The van der Waals surface area contributed by atoms with E-state index in [4.69, 9.17) is 0 Å². The standard InChI is InChI=1S/C13H16N4O2/c1-11-8-13(19)17(10-15-11)7-4-14-12(18)9-16-5-2-3-6-16/h2-3,5-6,8,10H,4,7,9H2,1H3,(H,14,18). The van der Waals surface area contributed by atoms with Crippen molar-refractivity contribution < 1.29 is 4.79 Å². The van der Waals surface area contributed by atoms with Gasteiger partial charge in [-0.15, -0.1) is 0 Å². The average Bonchev–Trinajstić information content (AvgIpc) is 2.84. The molecule has 0 atom stereocenters. The molecule has 0 aromatic carbocycles. The van der Waals surface area contributed by atoms with Crippen LogP contribution in [0.25, 0.3) is 0 Å². The van der Waals surface area contributed by atoms with E-state index in [9.17, 15) is 9.59 Å². The molecule has 2 aromatic heterocycles. The highest BCUT2D eigenvalue weighted by molar-refractivity contribution is 5.75. The Kier molecular flexibility index (Phi) is 4.12. The Labute approximate surface area is 110 Å². The van der Waals surface area contributed by atoms with E-state index in [1.807, 2.05) is 24.5 Å². The molecular weight excluding hydrogens is 244 g/mol. The molecule has 0 radical (unpaired) electrons. The molecule has 6 heteroatoms. The lowest BCUT2D eigenvalue weighted by molar-refractivity contribution is -0.121. The van der Waals surface area contributed by atoms with Gasteiger partial charge in [0.05, 0.1) is 6.33 Å². The van der Waals surface area contributed by atoms with E-state index < -0.39 is 0 Å². The first-order valence-electron chi connectivity index (χ1n) is 6.06. The first kappa shape index (κ1) is 13.1. The summed E-state index contributed by atoms with van der Waals surface area (Å²) >= 11 is 0. The van der Waals surface area contributed by atoms with Gasteiger partial charge in [-0.2, -0.15) is 0 Å². The van der Waals surface area contributed by atoms with Crippen LogP contribution < -0.4 is 10.9 Å². The van der Waals surface area contributed by atoms with E-state index in [0.29, 0.717) is 18.8 Å².